The van der Waals surface area contributed by atoms with Gasteiger partial charge in [-0.05, 0) is 30.2 Å². The van der Waals surface area contributed by atoms with Crippen LogP contribution in [0.1, 0.15) is 42.1 Å². The first-order valence-electron chi connectivity index (χ1n) is 9.92. The van der Waals surface area contributed by atoms with E-state index in [1.807, 2.05) is 57.2 Å². The molecule has 1 aromatic heterocycles. The van der Waals surface area contributed by atoms with E-state index in [0.29, 0.717) is 12.4 Å². The average Bonchev–Trinajstić information content (AvgIpc) is 2.74. The summed E-state index contributed by atoms with van der Waals surface area (Å²) >= 11 is 0. The highest BCUT2D eigenvalue weighted by Gasteiger charge is 2.37. The molecule has 5 nitrogen and oxygen atoms in total. The summed E-state index contributed by atoms with van der Waals surface area (Å²) in [7, 11) is 0. The Bertz CT molecular complexity index is 1060. The Hall–Kier alpha value is -3.01. The number of allylic oxidation sites excluding steroid dienone is 2. The highest BCUT2D eigenvalue weighted by molar-refractivity contribution is 5.46. The van der Waals surface area contributed by atoms with Crippen LogP contribution < -0.4 is 10.1 Å². The summed E-state index contributed by atoms with van der Waals surface area (Å²) in [5, 5.41) is 12.9. The van der Waals surface area contributed by atoms with Crippen molar-refractivity contribution in [2.24, 2.45) is 0 Å². The van der Waals surface area contributed by atoms with Crippen LogP contribution in [0.2, 0.25) is 0 Å². The lowest BCUT2D eigenvalue weighted by atomic mass is 9.85. The smallest absolute Gasteiger partial charge is 0.205 e. The molecule has 0 fully saturated rings. The summed E-state index contributed by atoms with van der Waals surface area (Å²) in [5.41, 5.74) is 1.91. The molecule has 0 spiro atoms. The number of pyridine rings is 1. The second-order valence-corrected chi connectivity index (χ2v) is 8.05. The molecule has 2 unspecified atom stereocenters. The topological polar surface area (TPSA) is 67.2 Å². The zero-order valence-corrected chi connectivity index (χ0v) is 17.3. The first kappa shape index (κ1) is 20.3. The Kier molecular flexibility index (Phi) is 5.19. The van der Waals surface area contributed by atoms with Crippen molar-refractivity contribution in [1.29, 1.82) is 5.26 Å². The molecule has 4 rings (SSSR count). The predicted octanol–water partition coefficient (Wildman–Crippen LogP) is 4.59. The highest BCUT2D eigenvalue weighted by Crippen LogP contribution is 2.36. The monoisotopic (exact) mass is 405 g/mol. The minimum atomic E-state index is -1.52. The van der Waals surface area contributed by atoms with Crippen molar-refractivity contribution in [2.45, 2.75) is 51.2 Å². The maximum Gasteiger partial charge on any atom is 0.205 e. The molecule has 2 aliphatic rings. The summed E-state index contributed by atoms with van der Waals surface area (Å²) in [6.45, 7) is 6.19. The van der Waals surface area contributed by atoms with E-state index in [1.165, 1.54) is 6.08 Å². The fourth-order valence-electron chi connectivity index (χ4n) is 3.71. The highest BCUT2D eigenvalue weighted by atomic mass is 19.1. The van der Waals surface area contributed by atoms with E-state index in [-0.39, 0.29) is 12.5 Å². The molecular formula is C24H24FN3O2. The van der Waals surface area contributed by atoms with Gasteiger partial charge >= 0.3 is 0 Å². The molecular weight excluding hydrogens is 381 g/mol. The van der Waals surface area contributed by atoms with E-state index in [2.05, 4.69) is 16.4 Å². The van der Waals surface area contributed by atoms with Crippen LogP contribution in [0.5, 0.6) is 5.75 Å². The summed E-state index contributed by atoms with van der Waals surface area (Å²) in [6.07, 6.45) is 6.66. The number of halogens is 1. The van der Waals surface area contributed by atoms with Gasteiger partial charge in [0.25, 0.3) is 0 Å². The third kappa shape index (κ3) is 3.74. The van der Waals surface area contributed by atoms with Gasteiger partial charge in [0, 0.05) is 38.1 Å². The van der Waals surface area contributed by atoms with Crippen molar-refractivity contribution in [2.75, 3.05) is 0 Å². The van der Waals surface area contributed by atoms with Crippen LogP contribution in [0, 0.1) is 18.3 Å². The van der Waals surface area contributed by atoms with Gasteiger partial charge in [-0.15, -0.1) is 0 Å². The Balaban J connectivity index is 1.57. The Morgan fingerprint density at radius 1 is 1.30 bits per heavy atom. The van der Waals surface area contributed by atoms with Crippen LogP contribution in [-0.4, -0.2) is 16.3 Å². The van der Waals surface area contributed by atoms with Crippen molar-refractivity contribution < 1.29 is 13.9 Å². The summed E-state index contributed by atoms with van der Waals surface area (Å²) < 4.78 is 26.8. The van der Waals surface area contributed by atoms with Crippen LogP contribution in [0.3, 0.4) is 0 Å². The number of nitriles is 1. The Morgan fingerprint density at radius 2 is 2.07 bits per heavy atom. The molecule has 1 aliphatic heterocycles. The van der Waals surface area contributed by atoms with Crippen LogP contribution in [-0.2, 0) is 17.9 Å². The summed E-state index contributed by atoms with van der Waals surface area (Å²) in [4.78, 5) is 4.41. The number of aryl methyl sites for hydroxylation is 1. The van der Waals surface area contributed by atoms with Gasteiger partial charge < -0.3 is 9.47 Å². The standard InChI is InChI=1S/C24H24FN3O2/c1-16-22-20(14-29-23(2,3)30-22)19(12-27-16)13-28-24(15-26)10-9-18(11-21(24)25)17-7-5-4-6-8-17/h4-12,18,28H,13-14H2,1-3H3. The molecule has 6 heteroatoms. The number of rotatable bonds is 4. The van der Waals surface area contributed by atoms with Crippen molar-refractivity contribution in [3.63, 3.8) is 0 Å². The van der Waals surface area contributed by atoms with Crippen molar-refractivity contribution in [1.82, 2.24) is 10.3 Å². The molecule has 1 N–H and O–H groups in total. The molecule has 154 valence electrons. The van der Waals surface area contributed by atoms with Crippen LogP contribution >= 0.6 is 0 Å². The van der Waals surface area contributed by atoms with Gasteiger partial charge in [0.1, 0.15) is 11.6 Å². The molecule has 0 amide bonds. The first-order valence-corrected chi connectivity index (χ1v) is 9.92. The van der Waals surface area contributed by atoms with Gasteiger partial charge in [0.15, 0.2) is 5.54 Å². The molecule has 0 radical (unpaired) electrons. The van der Waals surface area contributed by atoms with Crippen LogP contribution in [0.25, 0.3) is 0 Å². The van der Waals surface area contributed by atoms with Gasteiger partial charge in [0.2, 0.25) is 5.79 Å². The molecule has 30 heavy (non-hydrogen) atoms. The van der Waals surface area contributed by atoms with E-state index in [1.54, 1.807) is 12.3 Å². The maximum absolute atomic E-state index is 15.1. The molecule has 0 bridgehead atoms. The molecule has 1 aliphatic carbocycles. The summed E-state index contributed by atoms with van der Waals surface area (Å²) in [5.74, 6) is -0.751. The normalized spacial score (nSPS) is 24.4. The number of benzene rings is 1. The lowest BCUT2D eigenvalue weighted by Crippen LogP contribution is -2.44. The molecule has 2 aromatic rings. The average molecular weight is 405 g/mol. The molecule has 2 heterocycles. The minimum Gasteiger partial charge on any atom is -0.461 e. The van der Waals surface area contributed by atoms with E-state index < -0.39 is 17.2 Å². The van der Waals surface area contributed by atoms with Crippen molar-refractivity contribution >= 4 is 0 Å². The Labute approximate surface area is 175 Å². The van der Waals surface area contributed by atoms with Crippen molar-refractivity contribution in [3.05, 3.63) is 83.0 Å². The third-order valence-electron chi connectivity index (χ3n) is 5.49. The maximum atomic E-state index is 15.1. The zero-order chi connectivity index (χ0) is 21.4. The van der Waals surface area contributed by atoms with E-state index >= 15 is 4.39 Å². The number of hydrogen-bond donors (Lipinski definition) is 1. The van der Waals surface area contributed by atoms with Gasteiger partial charge in [-0.3, -0.25) is 10.3 Å². The van der Waals surface area contributed by atoms with Gasteiger partial charge in [-0.25, -0.2) is 4.39 Å². The number of hydrogen-bond acceptors (Lipinski definition) is 5. The van der Waals surface area contributed by atoms with Gasteiger partial charge in [-0.1, -0.05) is 36.4 Å². The van der Waals surface area contributed by atoms with E-state index in [4.69, 9.17) is 9.47 Å². The number of nitrogens with one attached hydrogen (secondary N) is 1. The second-order valence-electron chi connectivity index (χ2n) is 8.05. The van der Waals surface area contributed by atoms with E-state index in [9.17, 15) is 5.26 Å². The van der Waals surface area contributed by atoms with Crippen LogP contribution in [0.4, 0.5) is 4.39 Å². The molecule has 2 atom stereocenters. The largest absolute Gasteiger partial charge is 0.461 e. The fourth-order valence-corrected chi connectivity index (χ4v) is 3.71. The lowest BCUT2D eigenvalue weighted by Gasteiger charge is -2.34. The molecule has 0 saturated carbocycles. The van der Waals surface area contributed by atoms with Gasteiger partial charge in [0.05, 0.1) is 18.4 Å². The second kappa shape index (κ2) is 7.67. The first-order chi connectivity index (χ1) is 14.3. The number of nitrogens with zero attached hydrogens (tertiary/aromatic N) is 2. The summed E-state index contributed by atoms with van der Waals surface area (Å²) in [6, 6.07) is 11.7. The van der Waals surface area contributed by atoms with Gasteiger partial charge in [-0.2, -0.15) is 5.26 Å². The minimum absolute atomic E-state index is 0.202. The number of fused-ring (bicyclic) bond motifs is 1. The number of aromatic nitrogens is 1. The lowest BCUT2D eigenvalue weighted by molar-refractivity contribution is -0.180. The third-order valence-corrected chi connectivity index (χ3v) is 5.49. The number of ether oxygens (including phenoxy) is 2. The zero-order valence-electron chi connectivity index (χ0n) is 17.3. The fraction of sp³-hybridized carbons (Fsp3) is 0.333. The van der Waals surface area contributed by atoms with Crippen molar-refractivity contribution in [3.8, 4) is 11.8 Å². The molecule has 0 saturated heterocycles. The quantitative estimate of drug-likeness (QED) is 0.754. The SMILES string of the molecule is Cc1ncc(CNC2(C#N)C=CC(c3ccccc3)C=C2F)c2c1OC(C)(C)OC2. The van der Waals surface area contributed by atoms with E-state index in [0.717, 1.165) is 22.4 Å². The Morgan fingerprint density at radius 3 is 2.77 bits per heavy atom. The van der Waals surface area contributed by atoms with Crippen LogP contribution in [0.15, 0.2) is 60.6 Å². The molecule has 1 aromatic carbocycles. The predicted molar refractivity (Wildman–Crippen MR) is 111 cm³/mol.